The van der Waals surface area contributed by atoms with Gasteiger partial charge >= 0.3 is 0 Å². The number of nitrogens with zero attached hydrogens (tertiary/aromatic N) is 3. The molecule has 114 valence electrons. The molecule has 5 nitrogen and oxygen atoms in total. The van der Waals surface area contributed by atoms with Crippen LogP contribution >= 0.6 is 22.9 Å². The van der Waals surface area contributed by atoms with E-state index in [1.807, 2.05) is 19.2 Å². The first-order chi connectivity index (χ1) is 11.2. The number of benzene rings is 1. The molecule has 4 aromatic rings. The predicted octanol–water partition coefficient (Wildman–Crippen LogP) is 3.69. The third kappa shape index (κ3) is 2.18. The summed E-state index contributed by atoms with van der Waals surface area (Å²) in [6.45, 7) is 0. The van der Waals surface area contributed by atoms with Crippen molar-refractivity contribution in [3.05, 3.63) is 58.2 Å². The number of aromatic nitrogens is 3. The highest BCUT2D eigenvalue weighted by Crippen LogP contribution is 2.33. The van der Waals surface area contributed by atoms with Gasteiger partial charge in [0.1, 0.15) is 15.9 Å². The Labute approximate surface area is 140 Å². The van der Waals surface area contributed by atoms with Gasteiger partial charge in [-0.1, -0.05) is 17.7 Å². The van der Waals surface area contributed by atoms with Crippen LogP contribution in [-0.4, -0.2) is 21.6 Å². The van der Waals surface area contributed by atoms with Gasteiger partial charge in [-0.15, -0.1) is 11.3 Å². The van der Waals surface area contributed by atoms with E-state index in [1.54, 1.807) is 24.4 Å². The van der Waals surface area contributed by atoms with Crippen molar-refractivity contribution in [3.63, 3.8) is 0 Å². The largest absolute Gasteiger partial charge is 0.387 e. The molecule has 0 saturated heterocycles. The summed E-state index contributed by atoms with van der Waals surface area (Å²) in [6.07, 6.45) is 3.26. The molecule has 0 radical (unpaired) electrons. The van der Waals surface area contributed by atoms with E-state index in [9.17, 15) is 4.79 Å². The monoisotopic (exact) mass is 342 g/mol. The summed E-state index contributed by atoms with van der Waals surface area (Å²) in [6, 6.07) is 9.01. The van der Waals surface area contributed by atoms with E-state index in [0.29, 0.717) is 20.9 Å². The molecule has 0 spiro atoms. The molecule has 3 heterocycles. The van der Waals surface area contributed by atoms with Gasteiger partial charge in [0.15, 0.2) is 0 Å². The Morgan fingerprint density at radius 3 is 2.91 bits per heavy atom. The molecular formula is C16H11ClN4OS. The average molecular weight is 343 g/mol. The molecule has 0 aliphatic heterocycles. The maximum atomic E-state index is 12.9. The Balaban J connectivity index is 2.07. The Bertz CT molecular complexity index is 1100. The first-order valence-corrected chi connectivity index (χ1v) is 8.11. The van der Waals surface area contributed by atoms with Gasteiger partial charge in [0.25, 0.3) is 5.56 Å². The van der Waals surface area contributed by atoms with Crippen LogP contribution in [0.2, 0.25) is 5.02 Å². The number of thiophene rings is 1. The zero-order chi connectivity index (χ0) is 16.0. The molecule has 0 saturated carbocycles. The van der Waals surface area contributed by atoms with Crippen molar-refractivity contribution >= 4 is 49.1 Å². The molecule has 1 aromatic carbocycles. The molecule has 23 heavy (non-hydrogen) atoms. The number of fused-ring (bicyclic) bond motifs is 3. The molecule has 0 atom stereocenters. The van der Waals surface area contributed by atoms with E-state index in [-0.39, 0.29) is 5.56 Å². The van der Waals surface area contributed by atoms with E-state index >= 15 is 0 Å². The number of nitrogens with one attached hydrogen (secondary N) is 1. The summed E-state index contributed by atoms with van der Waals surface area (Å²) in [5, 5.41) is 4.58. The fourth-order valence-electron chi connectivity index (χ4n) is 2.57. The minimum absolute atomic E-state index is 0.123. The van der Waals surface area contributed by atoms with E-state index in [0.717, 1.165) is 15.9 Å². The molecule has 0 unspecified atom stereocenters. The molecule has 1 N–H and O–H groups in total. The second-order valence-electron chi connectivity index (χ2n) is 4.97. The van der Waals surface area contributed by atoms with Gasteiger partial charge < -0.3 is 5.32 Å². The Hall–Kier alpha value is -2.44. The Morgan fingerprint density at radius 2 is 2.13 bits per heavy atom. The van der Waals surface area contributed by atoms with E-state index in [2.05, 4.69) is 15.3 Å². The van der Waals surface area contributed by atoms with Crippen molar-refractivity contribution in [1.82, 2.24) is 14.5 Å². The number of hydrogen-bond donors (Lipinski definition) is 1. The molecule has 4 rings (SSSR count). The van der Waals surface area contributed by atoms with Crippen molar-refractivity contribution in [3.8, 4) is 5.69 Å². The lowest BCUT2D eigenvalue weighted by atomic mass is 10.2. The minimum atomic E-state index is -0.123. The minimum Gasteiger partial charge on any atom is -0.387 e. The number of hydrogen-bond acceptors (Lipinski definition) is 5. The van der Waals surface area contributed by atoms with Crippen molar-refractivity contribution in [1.29, 1.82) is 0 Å². The van der Waals surface area contributed by atoms with Crippen LogP contribution in [0.5, 0.6) is 0 Å². The van der Waals surface area contributed by atoms with Crippen LogP contribution in [0.25, 0.3) is 26.1 Å². The van der Waals surface area contributed by atoms with Crippen LogP contribution in [-0.2, 0) is 0 Å². The van der Waals surface area contributed by atoms with Crippen LogP contribution < -0.4 is 10.9 Å². The second-order valence-corrected chi connectivity index (χ2v) is 6.40. The molecule has 0 aliphatic carbocycles. The topological polar surface area (TPSA) is 59.8 Å². The SMILES string of the molecule is CNc1ccnc2sc3c(=O)n(-c4cccc(Cl)c4)cnc3c12. The fourth-order valence-corrected chi connectivity index (χ4v) is 3.81. The van der Waals surface area contributed by atoms with Crippen molar-refractivity contribution in [2.24, 2.45) is 0 Å². The summed E-state index contributed by atoms with van der Waals surface area (Å²) in [5.74, 6) is 0. The lowest BCUT2D eigenvalue weighted by Gasteiger charge is -2.05. The molecule has 3 aromatic heterocycles. The maximum absolute atomic E-state index is 12.9. The standard InChI is InChI=1S/C16H11ClN4OS/c1-18-11-5-6-19-15-12(11)13-14(23-15)16(22)21(8-20-13)10-4-2-3-9(17)7-10/h2-8H,1H3,(H,18,19). The molecular weight excluding hydrogens is 332 g/mol. The van der Waals surface area contributed by atoms with Gasteiger partial charge in [-0.05, 0) is 24.3 Å². The van der Waals surface area contributed by atoms with Crippen LogP contribution in [0.3, 0.4) is 0 Å². The summed E-state index contributed by atoms with van der Waals surface area (Å²) < 4.78 is 2.08. The lowest BCUT2D eigenvalue weighted by Crippen LogP contribution is -2.17. The van der Waals surface area contributed by atoms with Crippen LogP contribution in [0.15, 0.2) is 47.7 Å². The summed E-state index contributed by atoms with van der Waals surface area (Å²) >= 11 is 7.37. The molecule has 0 bridgehead atoms. The first-order valence-electron chi connectivity index (χ1n) is 6.91. The van der Waals surface area contributed by atoms with Gasteiger partial charge in [-0.25, -0.2) is 9.97 Å². The van der Waals surface area contributed by atoms with Gasteiger partial charge in [0.2, 0.25) is 0 Å². The molecule has 0 amide bonds. The fraction of sp³-hybridized carbons (Fsp3) is 0.0625. The normalized spacial score (nSPS) is 11.2. The third-order valence-electron chi connectivity index (χ3n) is 3.64. The van der Waals surface area contributed by atoms with Gasteiger partial charge in [0.05, 0.1) is 16.6 Å². The molecule has 7 heteroatoms. The quantitative estimate of drug-likeness (QED) is 0.603. The van der Waals surface area contributed by atoms with E-state index in [4.69, 9.17) is 11.6 Å². The number of anilines is 1. The Kier molecular flexibility index (Phi) is 3.28. The summed E-state index contributed by atoms with van der Waals surface area (Å²) in [7, 11) is 1.84. The average Bonchev–Trinajstić information content (AvgIpc) is 2.95. The Morgan fingerprint density at radius 1 is 1.26 bits per heavy atom. The number of halogens is 1. The summed E-state index contributed by atoms with van der Waals surface area (Å²) in [4.78, 5) is 22.5. The highest BCUT2D eigenvalue weighted by Gasteiger charge is 2.15. The van der Waals surface area contributed by atoms with E-state index in [1.165, 1.54) is 22.2 Å². The highest BCUT2D eigenvalue weighted by atomic mass is 35.5. The van der Waals surface area contributed by atoms with Crippen molar-refractivity contribution < 1.29 is 0 Å². The van der Waals surface area contributed by atoms with Crippen LogP contribution in [0.1, 0.15) is 0 Å². The second kappa shape index (κ2) is 5.33. The number of pyridine rings is 1. The van der Waals surface area contributed by atoms with E-state index < -0.39 is 0 Å². The highest BCUT2D eigenvalue weighted by molar-refractivity contribution is 7.25. The third-order valence-corrected chi connectivity index (χ3v) is 4.95. The van der Waals surface area contributed by atoms with Crippen molar-refractivity contribution in [2.45, 2.75) is 0 Å². The predicted molar refractivity (Wildman–Crippen MR) is 95.1 cm³/mol. The van der Waals surface area contributed by atoms with Gasteiger partial charge in [0, 0.05) is 24.0 Å². The zero-order valence-corrected chi connectivity index (χ0v) is 13.6. The first kappa shape index (κ1) is 14.2. The van der Waals surface area contributed by atoms with Crippen LogP contribution in [0.4, 0.5) is 5.69 Å². The number of rotatable bonds is 2. The lowest BCUT2D eigenvalue weighted by molar-refractivity contribution is 0.968. The summed E-state index contributed by atoms with van der Waals surface area (Å²) in [5.41, 5.74) is 2.15. The van der Waals surface area contributed by atoms with Crippen molar-refractivity contribution in [2.75, 3.05) is 12.4 Å². The molecule has 0 aliphatic rings. The smallest absolute Gasteiger partial charge is 0.275 e. The zero-order valence-electron chi connectivity index (χ0n) is 12.1. The molecule has 0 fully saturated rings. The van der Waals surface area contributed by atoms with Gasteiger partial charge in [-0.2, -0.15) is 0 Å². The van der Waals surface area contributed by atoms with Crippen LogP contribution in [0, 0.1) is 0 Å². The maximum Gasteiger partial charge on any atom is 0.275 e. The van der Waals surface area contributed by atoms with Gasteiger partial charge in [-0.3, -0.25) is 9.36 Å².